The summed E-state index contributed by atoms with van der Waals surface area (Å²) in [4.78, 5) is 0. The van der Waals surface area contributed by atoms with Crippen molar-refractivity contribution >= 4 is 17.3 Å². The van der Waals surface area contributed by atoms with Crippen LogP contribution in [0.25, 0.3) is 0 Å². The Kier molecular flexibility index (Phi) is 5.10. The Hall–Kier alpha value is -0.730. The van der Waals surface area contributed by atoms with Crippen LogP contribution in [-0.4, -0.2) is 6.10 Å². The Morgan fingerprint density at radius 2 is 2.00 bits per heavy atom. The summed E-state index contributed by atoms with van der Waals surface area (Å²) in [5.41, 5.74) is 7.54. The Balaban J connectivity index is 2.51. The third-order valence-electron chi connectivity index (χ3n) is 2.43. The zero-order valence-corrected chi connectivity index (χ0v) is 10.9. The summed E-state index contributed by atoms with van der Waals surface area (Å²) < 4.78 is 5.74. The molecule has 0 saturated heterocycles. The highest BCUT2D eigenvalue weighted by molar-refractivity contribution is 6.30. The third kappa shape index (κ3) is 4.42. The lowest BCUT2D eigenvalue weighted by molar-refractivity contribution is 0.0400. The van der Waals surface area contributed by atoms with E-state index in [9.17, 15) is 0 Å². The second kappa shape index (κ2) is 6.12. The Bertz CT molecular complexity index is 339. The molecule has 2 N–H and O–H groups in total. The highest BCUT2D eigenvalue weighted by Gasteiger charge is 2.07. The Morgan fingerprint density at radius 1 is 1.31 bits per heavy atom. The van der Waals surface area contributed by atoms with Crippen molar-refractivity contribution < 1.29 is 4.74 Å². The van der Waals surface area contributed by atoms with Crippen molar-refractivity contribution in [2.75, 3.05) is 5.73 Å². The van der Waals surface area contributed by atoms with Crippen LogP contribution in [0, 0.1) is 5.92 Å². The molecule has 0 aliphatic carbocycles. The number of rotatable bonds is 5. The summed E-state index contributed by atoms with van der Waals surface area (Å²) in [7, 11) is 0. The van der Waals surface area contributed by atoms with E-state index in [4.69, 9.17) is 22.1 Å². The van der Waals surface area contributed by atoms with E-state index >= 15 is 0 Å². The van der Waals surface area contributed by atoms with E-state index in [0.717, 1.165) is 17.7 Å². The zero-order valence-electron chi connectivity index (χ0n) is 10.2. The van der Waals surface area contributed by atoms with Crippen molar-refractivity contribution in [1.82, 2.24) is 0 Å². The number of nitrogens with two attached hydrogens (primary N) is 1. The molecule has 1 unspecified atom stereocenters. The molecule has 1 aromatic rings. The highest BCUT2D eigenvalue weighted by atomic mass is 35.5. The van der Waals surface area contributed by atoms with E-state index in [1.807, 2.05) is 12.1 Å². The second-order valence-electron chi connectivity index (χ2n) is 4.59. The van der Waals surface area contributed by atoms with E-state index in [0.29, 0.717) is 17.5 Å². The first-order chi connectivity index (χ1) is 7.49. The van der Waals surface area contributed by atoms with E-state index in [-0.39, 0.29) is 6.10 Å². The molecule has 0 heterocycles. The quantitative estimate of drug-likeness (QED) is 0.795. The molecule has 1 aromatic carbocycles. The van der Waals surface area contributed by atoms with Gasteiger partial charge in [-0.05, 0) is 37.5 Å². The molecule has 0 bridgehead atoms. The van der Waals surface area contributed by atoms with E-state index in [1.54, 1.807) is 6.07 Å². The number of ether oxygens (including phenoxy) is 1. The molecule has 1 rings (SSSR count). The van der Waals surface area contributed by atoms with Crippen LogP contribution >= 0.6 is 11.6 Å². The topological polar surface area (TPSA) is 35.2 Å². The predicted molar refractivity (Wildman–Crippen MR) is 69.6 cm³/mol. The van der Waals surface area contributed by atoms with Crippen molar-refractivity contribution in [3.05, 3.63) is 28.8 Å². The Labute approximate surface area is 103 Å². The molecule has 0 spiro atoms. The summed E-state index contributed by atoms with van der Waals surface area (Å²) in [5, 5.41) is 0.698. The van der Waals surface area contributed by atoms with Gasteiger partial charge in [0.2, 0.25) is 0 Å². The van der Waals surface area contributed by atoms with Gasteiger partial charge in [-0.1, -0.05) is 25.4 Å². The third-order valence-corrected chi connectivity index (χ3v) is 2.67. The molecule has 0 amide bonds. The van der Waals surface area contributed by atoms with Gasteiger partial charge in [0.15, 0.2) is 0 Å². The van der Waals surface area contributed by atoms with Gasteiger partial charge >= 0.3 is 0 Å². The zero-order chi connectivity index (χ0) is 12.1. The second-order valence-corrected chi connectivity index (χ2v) is 5.03. The summed E-state index contributed by atoms with van der Waals surface area (Å²) in [6.07, 6.45) is 1.30. The monoisotopic (exact) mass is 241 g/mol. The fraction of sp³-hybridized carbons (Fsp3) is 0.538. The molecular weight excluding hydrogens is 222 g/mol. The minimum atomic E-state index is 0.249. The van der Waals surface area contributed by atoms with Crippen LogP contribution < -0.4 is 5.73 Å². The number of hydrogen-bond acceptors (Lipinski definition) is 2. The minimum absolute atomic E-state index is 0.249. The molecule has 2 nitrogen and oxygen atoms in total. The van der Waals surface area contributed by atoms with Gasteiger partial charge in [0.25, 0.3) is 0 Å². The lowest BCUT2D eigenvalue weighted by Crippen LogP contribution is -2.11. The molecule has 0 saturated carbocycles. The van der Waals surface area contributed by atoms with E-state index in [2.05, 4.69) is 20.8 Å². The number of benzene rings is 1. The molecule has 0 aliphatic rings. The fourth-order valence-electron chi connectivity index (χ4n) is 1.66. The number of halogens is 1. The summed E-state index contributed by atoms with van der Waals surface area (Å²) in [6.45, 7) is 6.99. The number of hydrogen-bond donors (Lipinski definition) is 1. The van der Waals surface area contributed by atoms with Crippen LogP contribution in [0.15, 0.2) is 18.2 Å². The lowest BCUT2D eigenvalue weighted by Gasteiger charge is -2.16. The first-order valence-electron chi connectivity index (χ1n) is 5.64. The molecule has 0 aromatic heterocycles. The van der Waals surface area contributed by atoms with Gasteiger partial charge in [0.1, 0.15) is 0 Å². The van der Waals surface area contributed by atoms with Gasteiger partial charge in [-0.2, -0.15) is 0 Å². The molecule has 0 fully saturated rings. The summed E-state index contributed by atoms with van der Waals surface area (Å²) >= 11 is 5.91. The predicted octanol–water partition coefficient (Wildman–Crippen LogP) is 3.87. The maximum Gasteiger partial charge on any atom is 0.0741 e. The molecule has 0 aliphatic heterocycles. The lowest BCUT2D eigenvalue weighted by atomic mass is 10.1. The van der Waals surface area contributed by atoms with Crippen molar-refractivity contribution in [3.8, 4) is 0 Å². The SMILES string of the molecule is CC(C)CC(C)OCc1cc(Cl)ccc1N. The summed E-state index contributed by atoms with van der Waals surface area (Å²) in [6, 6.07) is 5.46. The largest absolute Gasteiger partial charge is 0.398 e. The molecule has 1 atom stereocenters. The van der Waals surface area contributed by atoms with Gasteiger partial charge in [0.05, 0.1) is 12.7 Å². The average molecular weight is 242 g/mol. The fourth-order valence-corrected chi connectivity index (χ4v) is 1.86. The van der Waals surface area contributed by atoms with Crippen molar-refractivity contribution in [1.29, 1.82) is 0 Å². The maximum atomic E-state index is 5.91. The molecule has 16 heavy (non-hydrogen) atoms. The minimum Gasteiger partial charge on any atom is -0.398 e. The van der Waals surface area contributed by atoms with Gasteiger partial charge in [-0.3, -0.25) is 0 Å². The van der Waals surface area contributed by atoms with Crippen LogP contribution in [-0.2, 0) is 11.3 Å². The van der Waals surface area contributed by atoms with Gasteiger partial charge < -0.3 is 10.5 Å². The van der Waals surface area contributed by atoms with E-state index in [1.165, 1.54) is 0 Å². The number of anilines is 1. The number of nitrogen functional groups attached to an aromatic ring is 1. The first-order valence-corrected chi connectivity index (χ1v) is 6.02. The smallest absolute Gasteiger partial charge is 0.0741 e. The molecule has 90 valence electrons. The van der Waals surface area contributed by atoms with Crippen molar-refractivity contribution in [3.63, 3.8) is 0 Å². The van der Waals surface area contributed by atoms with E-state index < -0.39 is 0 Å². The van der Waals surface area contributed by atoms with Gasteiger partial charge in [0, 0.05) is 16.3 Å². The molecule has 3 heteroatoms. The van der Waals surface area contributed by atoms with Crippen molar-refractivity contribution in [2.24, 2.45) is 5.92 Å². The highest BCUT2D eigenvalue weighted by Crippen LogP contribution is 2.20. The van der Waals surface area contributed by atoms with Crippen LogP contribution in [0.4, 0.5) is 5.69 Å². The molecule has 0 radical (unpaired) electrons. The standard InChI is InChI=1S/C13H20ClNO/c1-9(2)6-10(3)16-8-11-7-12(14)4-5-13(11)15/h4-5,7,9-10H,6,8,15H2,1-3H3. The summed E-state index contributed by atoms with van der Waals surface area (Å²) in [5.74, 6) is 0.645. The normalized spacial score (nSPS) is 13.1. The Morgan fingerprint density at radius 3 is 2.62 bits per heavy atom. The first kappa shape index (κ1) is 13.3. The van der Waals surface area contributed by atoms with Crippen LogP contribution in [0.3, 0.4) is 0 Å². The van der Waals surface area contributed by atoms with Crippen LogP contribution in [0.2, 0.25) is 5.02 Å². The average Bonchev–Trinajstić information content (AvgIpc) is 2.18. The van der Waals surface area contributed by atoms with Crippen molar-refractivity contribution in [2.45, 2.75) is 39.9 Å². The van der Waals surface area contributed by atoms with Crippen LogP contribution in [0.1, 0.15) is 32.8 Å². The maximum absolute atomic E-state index is 5.91. The van der Waals surface area contributed by atoms with Gasteiger partial charge in [-0.25, -0.2) is 0 Å². The van der Waals surface area contributed by atoms with Gasteiger partial charge in [-0.15, -0.1) is 0 Å². The molecular formula is C13H20ClNO. The van der Waals surface area contributed by atoms with Crippen LogP contribution in [0.5, 0.6) is 0 Å².